The molecule has 0 aliphatic rings. The van der Waals surface area contributed by atoms with E-state index in [1.807, 2.05) is 55.7 Å². The summed E-state index contributed by atoms with van der Waals surface area (Å²) < 4.78 is 61.8. The van der Waals surface area contributed by atoms with Crippen LogP contribution in [-0.4, -0.2) is 53.3 Å². The van der Waals surface area contributed by atoms with Crippen molar-refractivity contribution in [3.05, 3.63) is 77.7 Å². The van der Waals surface area contributed by atoms with Crippen LogP contribution in [0.1, 0.15) is 43.8 Å². The number of methoxy groups -OCH3 is 1. The van der Waals surface area contributed by atoms with Crippen molar-refractivity contribution >= 4 is 5.91 Å². The van der Waals surface area contributed by atoms with Crippen LogP contribution in [0.4, 0.5) is 17.6 Å². The van der Waals surface area contributed by atoms with Gasteiger partial charge in [-0.1, -0.05) is 63.2 Å². The Bertz CT molecular complexity index is 1210. The summed E-state index contributed by atoms with van der Waals surface area (Å²) in [6, 6.07) is 13.7. The number of imidazole rings is 1. The molecule has 10 heteroatoms. The van der Waals surface area contributed by atoms with Gasteiger partial charge in [-0.15, -0.1) is 0 Å². The van der Waals surface area contributed by atoms with Gasteiger partial charge >= 0.3 is 6.18 Å². The molecule has 0 radical (unpaired) electrons. The Hall–Kier alpha value is -3.24. The highest BCUT2D eigenvalue weighted by atomic mass is 19.4. The molecular weight excluding hydrogens is 500 g/mol. The standard InChI is InChI=1S/C28H34F4N4O2/c1-27(2,3)25(36(16-22(29)14-33)24(37)18-38-4)26-34-23(17-35(26)15-19-9-6-5-7-10-19)20-11-8-12-21(13-20)28(30,31)32/h5-13,17,22,25H,14-16,18,33H2,1-4H3. The second-order valence-corrected chi connectivity index (χ2v) is 10.3. The van der Waals surface area contributed by atoms with E-state index in [0.717, 1.165) is 17.7 Å². The maximum atomic E-state index is 14.6. The lowest BCUT2D eigenvalue weighted by Gasteiger charge is -2.40. The zero-order valence-electron chi connectivity index (χ0n) is 22.0. The van der Waals surface area contributed by atoms with Gasteiger partial charge in [-0.25, -0.2) is 9.37 Å². The number of amides is 1. The minimum atomic E-state index is -4.51. The number of rotatable bonds is 10. The van der Waals surface area contributed by atoms with E-state index in [2.05, 4.69) is 0 Å². The van der Waals surface area contributed by atoms with Crippen molar-refractivity contribution < 1.29 is 27.1 Å². The van der Waals surface area contributed by atoms with E-state index < -0.39 is 35.3 Å². The lowest BCUT2D eigenvalue weighted by molar-refractivity contribution is -0.141. The van der Waals surface area contributed by atoms with Crippen LogP contribution in [0, 0.1) is 5.41 Å². The topological polar surface area (TPSA) is 73.4 Å². The summed E-state index contributed by atoms with van der Waals surface area (Å²) >= 11 is 0. The molecule has 0 saturated carbocycles. The van der Waals surface area contributed by atoms with Crippen molar-refractivity contribution in [3.8, 4) is 11.3 Å². The first-order valence-electron chi connectivity index (χ1n) is 12.3. The molecule has 1 amide bonds. The number of hydrogen-bond acceptors (Lipinski definition) is 4. The molecule has 38 heavy (non-hydrogen) atoms. The van der Waals surface area contributed by atoms with Gasteiger partial charge in [0.1, 0.15) is 18.6 Å². The zero-order chi connectivity index (χ0) is 28.1. The predicted molar refractivity (Wildman–Crippen MR) is 138 cm³/mol. The van der Waals surface area contributed by atoms with E-state index in [4.69, 9.17) is 15.5 Å². The smallest absolute Gasteiger partial charge is 0.375 e. The van der Waals surface area contributed by atoms with Crippen LogP contribution >= 0.6 is 0 Å². The van der Waals surface area contributed by atoms with Crippen LogP contribution in [0.15, 0.2) is 60.8 Å². The van der Waals surface area contributed by atoms with Crippen molar-refractivity contribution in [1.29, 1.82) is 0 Å². The lowest BCUT2D eigenvalue weighted by atomic mass is 9.84. The van der Waals surface area contributed by atoms with Crippen molar-refractivity contribution in [1.82, 2.24) is 14.5 Å². The third-order valence-electron chi connectivity index (χ3n) is 6.10. The van der Waals surface area contributed by atoms with Crippen LogP contribution in [0.5, 0.6) is 0 Å². The summed E-state index contributed by atoms with van der Waals surface area (Å²) in [4.78, 5) is 19.3. The summed E-state index contributed by atoms with van der Waals surface area (Å²) in [5.74, 6) is -0.0270. The summed E-state index contributed by atoms with van der Waals surface area (Å²) in [5.41, 5.74) is 5.64. The third kappa shape index (κ3) is 7.20. The highest BCUT2D eigenvalue weighted by molar-refractivity contribution is 5.78. The van der Waals surface area contributed by atoms with Crippen molar-refractivity contribution in [2.45, 2.75) is 45.7 Å². The van der Waals surface area contributed by atoms with Crippen molar-refractivity contribution in [3.63, 3.8) is 0 Å². The van der Waals surface area contributed by atoms with Crippen LogP contribution in [0.2, 0.25) is 0 Å². The molecule has 0 aliphatic heterocycles. The summed E-state index contributed by atoms with van der Waals surface area (Å²) in [6.07, 6.45) is -4.33. The van der Waals surface area contributed by atoms with Gasteiger partial charge in [-0.05, 0) is 23.1 Å². The molecule has 206 valence electrons. The zero-order valence-corrected chi connectivity index (χ0v) is 22.0. The van der Waals surface area contributed by atoms with Gasteiger partial charge in [-0.3, -0.25) is 4.79 Å². The molecule has 3 aromatic rings. The summed E-state index contributed by atoms with van der Waals surface area (Å²) in [5, 5.41) is 0. The quantitative estimate of drug-likeness (QED) is 0.350. The van der Waals surface area contributed by atoms with Crippen LogP contribution in [0.3, 0.4) is 0 Å². The molecule has 0 spiro atoms. The number of alkyl halides is 4. The van der Waals surface area contributed by atoms with Gasteiger partial charge in [-0.2, -0.15) is 13.2 Å². The molecule has 0 aliphatic carbocycles. The van der Waals surface area contributed by atoms with E-state index in [1.165, 1.54) is 18.1 Å². The minimum Gasteiger partial charge on any atom is -0.375 e. The molecule has 0 saturated heterocycles. The number of halogens is 4. The Labute approximate surface area is 220 Å². The number of carbonyl (C=O) groups excluding carboxylic acids is 1. The largest absolute Gasteiger partial charge is 0.416 e. The Kier molecular flexibility index (Phi) is 9.32. The molecule has 1 aromatic heterocycles. The molecule has 1 heterocycles. The van der Waals surface area contributed by atoms with E-state index >= 15 is 0 Å². The van der Waals surface area contributed by atoms with Crippen LogP contribution < -0.4 is 5.73 Å². The number of hydrogen-bond donors (Lipinski definition) is 1. The second kappa shape index (κ2) is 12.1. The van der Waals surface area contributed by atoms with Crippen molar-refractivity contribution in [2.24, 2.45) is 11.1 Å². The number of nitrogens with two attached hydrogens (primary N) is 1. The molecule has 0 bridgehead atoms. The van der Waals surface area contributed by atoms with Crippen LogP contribution in [-0.2, 0) is 22.3 Å². The number of nitrogens with zero attached hydrogens (tertiary/aromatic N) is 3. The number of benzene rings is 2. The maximum Gasteiger partial charge on any atom is 0.416 e. The van der Waals surface area contributed by atoms with Crippen molar-refractivity contribution in [2.75, 3.05) is 26.8 Å². The van der Waals surface area contributed by atoms with Gasteiger partial charge in [0.15, 0.2) is 0 Å². The fourth-order valence-corrected chi connectivity index (χ4v) is 4.39. The van der Waals surface area contributed by atoms with E-state index in [9.17, 15) is 22.4 Å². The molecule has 2 unspecified atom stereocenters. The molecule has 0 fully saturated rings. The Morgan fingerprint density at radius 1 is 1.11 bits per heavy atom. The second-order valence-electron chi connectivity index (χ2n) is 10.3. The van der Waals surface area contributed by atoms with E-state index in [1.54, 1.807) is 12.3 Å². The minimum absolute atomic E-state index is 0.274. The van der Waals surface area contributed by atoms with Gasteiger partial charge in [0, 0.05) is 32.0 Å². The number of aromatic nitrogens is 2. The Balaban J connectivity index is 2.21. The maximum absolute atomic E-state index is 14.6. The molecule has 2 aromatic carbocycles. The average molecular weight is 535 g/mol. The van der Waals surface area contributed by atoms with E-state index in [0.29, 0.717) is 18.1 Å². The fraction of sp³-hybridized carbons (Fsp3) is 0.429. The monoisotopic (exact) mass is 534 g/mol. The fourth-order valence-electron chi connectivity index (χ4n) is 4.39. The molecular formula is C28H34F4N4O2. The third-order valence-corrected chi connectivity index (χ3v) is 6.10. The Morgan fingerprint density at radius 2 is 1.79 bits per heavy atom. The molecule has 2 N–H and O–H groups in total. The highest BCUT2D eigenvalue weighted by Gasteiger charge is 2.39. The average Bonchev–Trinajstić information content (AvgIpc) is 3.26. The van der Waals surface area contributed by atoms with Crippen LogP contribution in [0.25, 0.3) is 11.3 Å². The van der Waals surface area contributed by atoms with Gasteiger partial charge < -0.3 is 19.9 Å². The molecule has 3 rings (SSSR count). The highest BCUT2D eigenvalue weighted by Crippen LogP contribution is 2.40. The first kappa shape index (κ1) is 29.3. The molecule has 2 atom stereocenters. The summed E-state index contributed by atoms with van der Waals surface area (Å²) in [7, 11) is 1.38. The number of ether oxygens (including phenoxy) is 1. The predicted octanol–water partition coefficient (Wildman–Crippen LogP) is 5.48. The Morgan fingerprint density at radius 3 is 2.37 bits per heavy atom. The normalized spacial score (nSPS) is 13.8. The van der Waals surface area contributed by atoms with E-state index in [-0.39, 0.29) is 25.3 Å². The molecule has 6 nitrogen and oxygen atoms in total. The van der Waals surface area contributed by atoms with Gasteiger partial charge in [0.05, 0.1) is 23.8 Å². The summed E-state index contributed by atoms with van der Waals surface area (Å²) in [6.45, 7) is 5.20. The SMILES string of the molecule is COCC(=O)N(CC(F)CN)C(c1nc(-c2cccc(C(F)(F)F)c2)cn1Cc1ccccc1)C(C)(C)C. The van der Waals surface area contributed by atoms with Gasteiger partial charge in [0.2, 0.25) is 5.91 Å². The lowest BCUT2D eigenvalue weighted by Crippen LogP contribution is -2.47. The number of carbonyl (C=O) groups is 1. The first-order chi connectivity index (χ1) is 17.8. The first-order valence-corrected chi connectivity index (χ1v) is 12.3. The van der Waals surface area contributed by atoms with Gasteiger partial charge in [0.25, 0.3) is 0 Å².